The minimum Gasteiger partial charge on any atom is -0.398 e. The number of hydrogen-bond donors (Lipinski definition) is 1. The predicted octanol–water partition coefficient (Wildman–Crippen LogP) is 3.14. The summed E-state index contributed by atoms with van der Waals surface area (Å²) in [5.41, 5.74) is 2.13. The molecule has 9 heteroatoms. The third-order valence-corrected chi connectivity index (χ3v) is 4.19. The first-order valence-electron chi connectivity index (χ1n) is 8.56. The highest BCUT2D eigenvalue weighted by molar-refractivity contribution is 6.46. The van der Waals surface area contributed by atoms with Crippen LogP contribution in [0.1, 0.15) is 16.7 Å². The van der Waals surface area contributed by atoms with Gasteiger partial charge in [-0.05, 0) is 18.2 Å². The van der Waals surface area contributed by atoms with Crippen LogP contribution in [0.4, 0.5) is 4.39 Å². The van der Waals surface area contributed by atoms with E-state index in [0.717, 1.165) is 0 Å². The van der Waals surface area contributed by atoms with Gasteiger partial charge in [-0.1, -0.05) is 46.2 Å². The largest absolute Gasteiger partial charge is 0.398 e. The van der Waals surface area contributed by atoms with Crippen LogP contribution in [-0.2, 0) is 25.8 Å². The number of rotatable bonds is 9. The summed E-state index contributed by atoms with van der Waals surface area (Å²) in [4.78, 5) is 22.4. The molecule has 0 saturated carbocycles. The number of ether oxygens (including phenoxy) is 1. The van der Waals surface area contributed by atoms with Crippen LogP contribution in [0, 0.1) is 5.82 Å². The minimum atomic E-state index is -0.440. The standard InChI is InChI=1S/C20H21ClFN3O4/c1-23-20(26)19(25-28-3)15-5-4-6-17(21)16(15)11-29-24-18(12-27-2)13-7-9-14(22)10-8-13/h4-10H,11-12H2,1-3H3,(H,23,26)/b24-18+,25-19+. The summed E-state index contributed by atoms with van der Waals surface area (Å²) in [6.07, 6.45) is 0. The Hall–Kier alpha value is -2.97. The van der Waals surface area contributed by atoms with Gasteiger partial charge >= 0.3 is 0 Å². The Kier molecular flexibility index (Phi) is 8.57. The van der Waals surface area contributed by atoms with E-state index in [2.05, 4.69) is 15.6 Å². The number of carbonyl (C=O) groups is 1. The van der Waals surface area contributed by atoms with Crippen molar-refractivity contribution in [3.63, 3.8) is 0 Å². The fourth-order valence-corrected chi connectivity index (χ4v) is 2.70. The molecule has 0 saturated heterocycles. The van der Waals surface area contributed by atoms with Gasteiger partial charge < -0.3 is 19.7 Å². The molecule has 0 unspecified atom stereocenters. The number of benzene rings is 2. The molecule has 0 spiro atoms. The third-order valence-electron chi connectivity index (χ3n) is 3.84. The van der Waals surface area contributed by atoms with E-state index in [9.17, 15) is 9.18 Å². The van der Waals surface area contributed by atoms with Crippen molar-refractivity contribution in [2.24, 2.45) is 10.3 Å². The molecule has 0 radical (unpaired) electrons. The molecule has 2 aromatic carbocycles. The van der Waals surface area contributed by atoms with Gasteiger partial charge in [0.05, 0.1) is 6.61 Å². The summed E-state index contributed by atoms with van der Waals surface area (Å²) >= 11 is 6.31. The summed E-state index contributed by atoms with van der Waals surface area (Å²) in [7, 11) is 4.34. The number of amides is 1. The van der Waals surface area contributed by atoms with E-state index in [4.69, 9.17) is 26.0 Å². The zero-order chi connectivity index (χ0) is 21.2. The Morgan fingerprint density at radius 2 is 1.86 bits per heavy atom. The Morgan fingerprint density at radius 1 is 1.14 bits per heavy atom. The van der Waals surface area contributed by atoms with Crippen molar-refractivity contribution in [2.75, 3.05) is 27.9 Å². The fourth-order valence-electron chi connectivity index (χ4n) is 2.47. The molecule has 2 aromatic rings. The third kappa shape index (κ3) is 6.00. The smallest absolute Gasteiger partial charge is 0.273 e. The van der Waals surface area contributed by atoms with Gasteiger partial charge in [-0.2, -0.15) is 0 Å². The van der Waals surface area contributed by atoms with Crippen LogP contribution >= 0.6 is 11.6 Å². The lowest BCUT2D eigenvalue weighted by atomic mass is 10.0. The van der Waals surface area contributed by atoms with E-state index in [0.29, 0.717) is 27.4 Å². The summed E-state index contributed by atoms with van der Waals surface area (Å²) < 4.78 is 18.3. The van der Waals surface area contributed by atoms with Crippen LogP contribution in [0.15, 0.2) is 52.8 Å². The van der Waals surface area contributed by atoms with Crippen molar-refractivity contribution in [2.45, 2.75) is 6.61 Å². The van der Waals surface area contributed by atoms with E-state index in [-0.39, 0.29) is 24.7 Å². The van der Waals surface area contributed by atoms with Crippen molar-refractivity contribution in [3.8, 4) is 0 Å². The lowest BCUT2D eigenvalue weighted by Gasteiger charge is -2.12. The number of nitrogens with zero attached hydrogens (tertiary/aromatic N) is 2. The van der Waals surface area contributed by atoms with E-state index < -0.39 is 5.91 Å². The quantitative estimate of drug-likeness (QED) is 0.498. The molecule has 0 aromatic heterocycles. The molecule has 1 N–H and O–H groups in total. The van der Waals surface area contributed by atoms with Crippen LogP contribution in [-0.4, -0.2) is 45.2 Å². The number of likely N-dealkylation sites (N-methyl/N-ethyl adjacent to an activating group) is 1. The molecule has 1 amide bonds. The van der Waals surface area contributed by atoms with Crippen molar-refractivity contribution >= 4 is 28.9 Å². The molecule has 0 aliphatic heterocycles. The van der Waals surface area contributed by atoms with Gasteiger partial charge in [-0.25, -0.2) is 4.39 Å². The van der Waals surface area contributed by atoms with Crippen LogP contribution < -0.4 is 5.32 Å². The topological polar surface area (TPSA) is 81.5 Å². The van der Waals surface area contributed by atoms with E-state index in [1.54, 1.807) is 30.3 Å². The van der Waals surface area contributed by atoms with Gasteiger partial charge in [0, 0.05) is 35.9 Å². The maximum atomic E-state index is 13.2. The van der Waals surface area contributed by atoms with E-state index in [1.807, 2.05) is 0 Å². The highest BCUT2D eigenvalue weighted by Gasteiger charge is 2.20. The maximum Gasteiger partial charge on any atom is 0.273 e. The van der Waals surface area contributed by atoms with Crippen molar-refractivity contribution < 1.29 is 23.6 Å². The number of nitrogens with one attached hydrogen (secondary N) is 1. The minimum absolute atomic E-state index is 0.0385. The normalized spacial score (nSPS) is 11.9. The Morgan fingerprint density at radius 3 is 2.48 bits per heavy atom. The van der Waals surface area contributed by atoms with Gasteiger partial charge in [0.15, 0.2) is 5.71 Å². The van der Waals surface area contributed by atoms with Gasteiger partial charge in [-0.15, -0.1) is 0 Å². The SMILES string of the molecule is CNC(=O)/C(=N/OC)c1cccc(Cl)c1CO/N=C(\COC)c1ccc(F)cc1. The average molecular weight is 422 g/mol. The second-order valence-electron chi connectivity index (χ2n) is 5.72. The lowest BCUT2D eigenvalue weighted by Crippen LogP contribution is -2.29. The molecule has 2 rings (SSSR count). The first-order valence-corrected chi connectivity index (χ1v) is 8.94. The first-order chi connectivity index (χ1) is 14.0. The zero-order valence-electron chi connectivity index (χ0n) is 16.2. The molecule has 0 fully saturated rings. The number of halogens is 2. The average Bonchev–Trinajstić information content (AvgIpc) is 2.72. The fraction of sp³-hybridized carbons (Fsp3) is 0.250. The van der Waals surface area contributed by atoms with Gasteiger partial charge in [0.1, 0.15) is 25.2 Å². The Balaban J connectivity index is 2.31. The molecule has 0 aliphatic carbocycles. The van der Waals surface area contributed by atoms with Crippen LogP contribution in [0.25, 0.3) is 0 Å². The second-order valence-corrected chi connectivity index (χ2v) is 6.13. The molecular formula is C20H21ClFN3O4. The van der Waals surface area contributed by atoms with Crippen LogP contribution in [0.2, 0.25) is 5.02 Å². The van der Waals surface area contributed by atoms with Gasteiger partial charge in [-0.3, -0.25) is 4.79 Å². The highest BCUT2D eigenvalue weighted by atomic mass is 35.5. The summed E-state index contributed by atoms with van der Waals surface area (Å²) in [5.74, 6) is -0.795. The Bertz CT molecular complexity index is 901. The molecule has 154 valence electrons. The van der Waals surface area contributed by atoms with Crippen LogP contribution in [0.3, 0.4) is 0 Å². The molecular weight excluding hydrogens is 401 g/mol. The monoisotopic (exact) mass is 421 g/mol. The first kappa shape index (κ1) is 22.3. The number of hydrogen-bond acceptors (Lipinski definition) is 6. The molecule has 29 heavy (non-hydrogen) atoms. The van der Waals surface area contributed by atoms with Gasteiger partial charge in [0.2, 0.25) is 0 Å². The number of oxime groups is 2. The molecule has 7 nitrogen and oxygen atoms in total. The summed E-state index contributed by atoms with van der Waals surface area (Å²) in [6.45, 7) is 0.124. The predicted molar refractivity (Wildman–Crippen MR) is 109 cm³/mol. The van der Waals surface area contributed by atoms with Crippen LogP contribution in [0.5, 0.6) is 0 Å². The second kappa shape index (κ2) is 11.1. The molecule has 0 heterocycles. The summed E-state index contributed by atoms with van der Waals surface area (Å²) in [6, 6.07) is 10.8. The maximum absolute atomic E-state index is 13.2. The van der Waals surface area contributed by atoms with Crippen molar-refractivity contribution in [1.82, 2.24) is 5.32 Å². The lowest BCUT2D eigenvalue weighted by molar-refractivity contribution is -0.114. The number of carbonyl (C=O) groups excluding carboxylic acids is 1. The van der Waals surface area contributed by atoms with E-state index in [1.165, 1.54) is 33.4 Å². The Labute approximate surface area is 173 Å². The highest BCUT2D eigenvalue weighted by Crippen LogP contribution is 2.22. The summed E-state index contributed by atoms with van der Waals surface area (Å²) in [5, 5.41) is 10.8. The molecule has 0 aliphatic rings. The van der Waals surface area contributed by atoms with E-state index >= 15 is 0 Å². The molecule has 0 atom stereocenters. The van der Waals surface area contributed by atoms with Gasteiger partial charge in [0.25, 0.3) is 5.91 Å². The zero-order valence-corrected chi connectivity index (χ0v) is 17.0. The van der Waals surface area contributed by atoms with Crippen molar-refractivity contribution in [3.05, 3.63) is 70.0 Å². The van der Waals surface area contributed by atoms with Crippen molar-refractivity contribution in [1.29, 1.82) is 0 Å². The molecule has 0 bridgehead atoms. The number of methoxy groups -OCH3 is 1.